The lowest BCUT2D eigenvalue weighted by molar-refractivity contribution is 0.0805. The summed E-state index contributed by atoms with van der Waals surface area (Å²) in [5, 5.41) is 13.8. The summed E-state index contributed by atoms with van der Waals surface area (Å²) in [4.78, 5) is 37.1. The fourth-order valence-electron chi connectivity index (χ4n) is 5.84. The number of pyridine rings is 1. The first-order valence-corrected chi connectivity index (χ1v) is 13.8. The van der Waals surface area contributed by atoms with E-state index >= 15 is 0 Å². The number of fused-ring (bicyclic) bond motifs is 1. The number of piperazine rings is 1. The van der Waals surface area contributed by atoms with Gasteiger partial charge in [0.2, 0.25) is 5.95 Å². The molecule has 9 heteroatoms. The molecule has 1 saturated heterocycles. The standard InChI is InChI=1S/C29H36N6O3/c1-19(2)35-25(36)10-7-22-18-30-27(31-26(22)35)32-29(11-12-29)23-8-5-21(6-9-23)24(17-20-3-4-20)33-13-15-34(16-14-33)28(37)38/h5-10,18-20,24H,3-4,11-17H2,1-2H3,(H,37,38)(H,30,31,32). The van der Waals surface area contributed by atoms with Crippen LogP contribution >= 0.6 is 0 Å². The van der Waals surface area contributed by atoms with E-state index < -0.39 is 6.09 Å². The van der Waals surface area contributed by atoms with Gasteiger partial charge in [0.15, 0.2) is 0 Å². The van der Waals surface area contributed by atoms with Gasteiger partial charge in [-0.25, -0.2) is 9.78 Å². The van der Waals surface area contributed by atoms with Gasteiger partial charge < -0.3 is 15.3 Å². The summed E-state index contributed by atoms with van der Waals surface area (Å²) in [6, 6.07) is 12.7. The van der Waals surface area contributed by atoms with Crippen molar-refractivity contribution < 1.29 is 9.90 Å². The van der Waals surface area contributed by atoms with E-state index in [1.165, 1.54) is 28.9 Å². The van der Waals surface area contributed by atoms with Crippen molar-refractivity contribution in [2.24, 2.45) is 5.92 Å². The van der Waals surface area contributed by atoms with Crippen LogP contribution in [0.15, 0.2) is 47.4 Å². The lowest BCUT2D eigenvalue weighted by Crippen LogP contribution is -2.49. The number of aromatic nitrogens is 3. The molecule has 1 unspecified atom stereocenters. The predicted octanol–water partition coefficient (Wildman–Crippen LogP) is 4.61. The molecule has 0 radical (unpaired) electrons. The number of carboxylic acid groups (broad SMARTS) is 1. The van der Waals surface area contributed by atoms with E-state index in [1.54, 1.807) is 22.9 Å². The van der Waals surface area contributed by atoms with Gasteiger partial charge in [-0.1, -0.05) is 37.1 Å². The third kappa shape index (κ3) is 4.87. The van der Waals surface area contributed by atoms with Crippen molar-refractivity contribution in [3.05, 3.63) is 64.1 Å². The van der Waals surface area contributed by atoms with E-state index in [0.717, 1.165) is 43.7 Å². The minimum atomic E-state index is -0.821. The lowest BCUT2D eigenvalue weighted by Gasteiger charge is -2.38. The van der Waals surface area contributed by atoms with E-state index in [4.69, 9.17) is 4.98 Å². The molecule has 1 atom stereocenters. The topological polar surface area (TPSA) is 104 Å². The van der Waals surface area contributed by atoms with Gasteiger partial charge in [0.05, 0.1) is 5.54 Å². The Hall–Kier alpha value is -3.46. The highest BCUT2D eigenvalue weighted by atomic mass is 16.4. The maximum atomic E-state index is 12.5. The maximum Gasteiger partial charge on any atom is 0.407 e. The maximum absolute atomic E-state index is 12.5. The average Bonchev–Trinajstić information content (AvgIpc) is 3.84. The van der Waals surface area contributed by atoms with Crippen LogP contribution in [-0.4, -0.2) is 61.7 Å². The van der Waals surface area contributed by atoms with Crippen LogP contribution in [0, 0.1) is 5.92 Å². The van der Waals surface area contributed by atoms with Crippen molar-refractivity contribution in [3.8, 4) is 0 Å². The van der Waals surface area contributed by atoms with Gasteiger partial charge in [-0.15, -0.1) is 0 Å². The summed E-state index contributed by atoms with van der Waals surface area (Å²) in [5.74, 6) is 1.32. The summed E-state index contributed by atoms with van der Waals surface area (Å²) in [5.41, 5.74) is 2.94. The zero-order valence-electron chi connectivity index (χ0n) is 22.1. The van der Waals surface area contributed by atoms with E-state index in [-0.39, 0.29) is 17.1 Å². The summed E-state index contributed by atoms with van der Waals surface area (Å²) in [6.07, 6.45) is 6.70. The van der Waals surface area contributed by atoms with Crippen LogP contribution in [0.2, 0.25) is 0 Å². The van der Waals surface area contributed by atoms with Crippen LogP contribution in [-0.2, 0) is 5.54 Å². The minimum absolute atomic E-state index is 0.00655. The van der Waals surface area contributed by atoms with E-state index in [2.05, 4.69) is 39.5 Å². The first kappa shape index (κ1) is 24.9. The van der Waals surface area contributed by atoms with Crippen molar-refractivity contribution >= 4 is 23.1 Å². The van der Waals surface area contributed by atoms with Crippen LogP contribution in [0.1, 0.15) is 69.2 Å². The van der Waals surface area contributed by atoms with Crippen LogP contribution in [0.5, 0.6) is 0 Å². The van der Waals surface area contributed by atoms with Gasteiger partial charge in [0.1, 0.15) is 5.65 Å². The Morgan fingerprint density at radius 2 is 1.79 bits per heavy atom. The summed E-state index contributed by atoms with van der Waals surface area (Å²) >= 11 is 0. The Labute approximate surface area is 222 Å². The molecule has 0 bridgehead atoms. The number of nitrogens with zero attached hydrogens (tertiary/aromatic N) is 5. The Morgan fingerprint density at radius 1 is 1.08 bits per heavy atom. The number of hydrogen-bond acceptors (Lipinski definition) is 6. The fraction of sp³-hybridized carbons (Fsp3) is 0.517. The number of hydrogen-bond donors (Lipinski definition) is 2. The van der Waals surface area contributed by atoms with Crippen molar-refractivity contribution in [2.75, 3.05) is 31.5 Å². The van der Waals surface area contributed by atoms with Crippen molar-refractivity contribution in [1.82, 2.24) is 24.3 Å². The van der Waals surface area contributed by atoms with E-state index in [9.17, 15) is 14.7 Å². The summed E-state index contributed by atoms with van der Waals surface area (Å²) < 4.78 is 1.72. The average molecular weight is 517 g/mol. The molecule has 1 aromatic carbocycles. The second kappa shape index (κ2) is 9.69. The van der Waals surface area contributed by atoms with Crippen LogP contribution in [0.3, 0.4) is 0 Å². The van der Waals surface area contributed by atoms with Crippen LogP contribution in [0.25, 0.3) is 11.0 Å². The fourth-order valence-corrected chi connectivity index (χ4v) is 5.84. The number of rotatable bonds is 8. The second-order valence-corrected chi connectivity index (χ2v) is 11.4. The SMILES string of the molecule is CC(C)n1c(=O)ccc2cnc(NC3(c4ccc(C(CC5CC5)N5CCN(C(=O)O)CC5)cc4)CC3)nc21. The van der Waals surface area contributed by atoms with Gasteiger partial charge in [-0.05, 0) is 56.2 Å². The smallest absolute Gasteiger partial charge is 0.407 e. The second-order valence-electron chi connectivity index (χ2n) is 11.4. The molecule has 1 amide bonds. The normalized spacial score (nSPS) is 20.0. The van der Waals surface area contributed by atoms with Crippen LogP contribution < -0.4 is 10.9 Å². The molecule has 200 valence electrons. The molecule has 6 rings (SSSR count). The highest BCUT2D eigenvalue weighted by Gasteiger charge is 2.45. The third-order valence-corrected chi connectivity index (χ3v) is 8.41. The molecule has 3 fully saturated rings. The van der Waals surface area contributed by atoms with Gasteiger partial charge >= 0.3 is 6.09 Å². The molecular weight excluding hydrogens is 480 g/mol. The molecule has 2 aromatic heterocycles. The minimum Gasteiger partial charge on any atom is -0.465 e. The van der Waals surface area contributed by atoms with E-state index in [1.807, 2.05) is 13.8 Å². The Balaban J connectivity index is 1.21. The van der Waals surface area contributed by atoms with Gasteiger partial charge in [-0.2, -0.15) is 4.98 Å². The van der Waals surface area contributed by atoms with Gasteiger partial charge in [-0.3, -0.25) is 14.3 Å². The largest absolute Gasteiger partial charge is 0.465 e. The first-order chi connectivity index (χ1) is 18.3. The zero-order chi connectivity index (χ0) is 26.4. The number of nitrogens with one attached hydrogen (secondary N) is 1. The first-order valence-electron chi connectivity index (χ1n) is 13.8. The highest BCUT2D eigenvalue weighted by Crippen LogP contribution is 2.48. The van der Waals surface area contributed by atoms with Crippen molar-refractivity contribution in [2.45, 2.75) is 63.6 Å². The quantitative estimate of drug-likeness (QED) is 0.451. The van der Waals surface area contributed by atoms with Gasteiger partial charge in [0.25, 0.3) is 5.56 Å². The molecule has 2 aliphatic carbocycles. The van der Waals surface area contributed by atoms with Crippen molar-refractivity contribution in [1.29, 1.82) is 0 Å². The summed E-state index contributed by atoms with van der Waals surface area (Å²) in [7, 11) is 0. The third-order valence-electron chi connectivity index (χ3n) is 8.41. The Kier molecular flexibility index (Phi) is 6.34. The summed E-state index contributed by atoms with van der Waals surface area (Å²) in [6.45, 7) is 6.66. The number of anilines is 1. The monoisotopic (exact) mass is 516 g/mol. The van der Waals surface area contributed by atoms with Gasteiger partial charge in [0, 0.05) is 55.9 Å². The Bertz CT molecular complexity index is 1390. The molecule has 3 aromatic rings. The molecule has 0 spiro atoms. The molecular formula is C29H36N6O3. The van der Waals surface area contributed by atoms with Crippen LogP contribution in [0.4, 0.5) is 10.7 Å². The number of amides is 1. The predicted molar refractivity (Wildman–Crippen MR) is 146 cm³/mol. The van der Waals surface area contributed by atoms with Crippen molar-refractivity contribution in [3.63, 3.8) is 0 Å². The molecule has 38 heavy (non-hydrogen) atoms. The zero-order valence-corrected chi connectivity index (χ0v) is 22.1. The lowest BCUT2D eigenvalue weighted by atomic mass is 9.95. The number of carbonyl (C=O) groups is 1. The number of benzene rings is 1. The molecule has 2 saturated carbocycles. The Morgan fingerprint density at radius 3 is 2.39 bits per heavy atom. The van der Waals surface area contributed by atoms with E-state index in [0.29, 0.717) is 30.7 Å². The molecule has 2 N–H and O–H groups in total. The molecule has 1 aliphatic heterocycles. The molecule has 3 heterocycles. The highest BCUT2D eigenvalue weighted by molar-refractivity contribution is 5.75. The molecule has 9 nitrogen and oxygen atoms in total. The molecule has 3 aliphatic rings.